The number of anilines is 1. The van der Waals surface area contributed by atoms with Gasteiger partial charge >= 0.3 is 6.03 Å². The number of amides is 3. The highest BCUT2D eigenvalue weighted by atomic mass is 35.5. The van der Waals surface area contributed by atoms with Crippen LogP contribution in [0.4, 0.5) is 10.5 Å². The molecule has 1 aliphatic rings. The molecule has 3 N–H and O–H groups in total. The minimum atomic E-state index is -0.605. The minimum Gasteiger partial charge on any atom is -0.373 e. The number of carbonyl (C=O) groups excluding carboxylic acids is 2. The number of primary amides is 1. The maximum atomic E-state index is 12.4. The molecule has 3 amide bonds. The van der Waals surface area contributed by atoms with Crippen LogP contribution < -0.4 is 11.1 Å². The second-order valence-electron chi connectivity index (χ2n) is 6.35. The third-order valence-corrected chi connectivity index (χ3v) is 4.74. The van der Waals surface area contributed by atoms with Crippen LogP contribution in [0.2, 0.25) is 5.02 Å². The third-order valence-electron chi connectivity index (χ3n) is 4.42. The molecule has 0 saturated carbocycles. The van der Waals surface area contributed by atoms with Crippen molar-refractivity contribution in [2.24, 2.45) is 5.73 Å². The average molecular weight is 389 g/mol. The highest BCUT2D eigenvalue weighted by Gasteiger charge is 2.23. The maximum absolute atomic E-state index is 12.4. The van der Waals surface area contributed by atoms with Gasteiger partial charge in [0.05, 0.1) is 23.3 Å². The molecule has 142 valence electrons. The Labute approximate surface area is 162 Å². The lowest BCUT2D eigenvalue weighted by Crippen LogP contribution is -2.43. The highest BCUT2D eigenvalue weighted by Crippen LogP contribution is 2.22. The second kappa shape index (κ2) is 8.83. The van der Waals surface area contributed by atoms with Gasteiger partial charge in [-0.15, -0.1) is 0 Å². The van der Waals surface area contributed by atoms with Gasteiger partial charge in [-0.2, -0.15) is 0 Å². The molecule has 0 unspecified atom stereocenters. The highest BCUT2D eigenvalue weighted by molar-refractivity contribution is 6.34. The van der Waals surface area contributed by atoms with E-state index in [1.807, 2.05) is 12.1 Å². The number of hydrogen-bond donors (Lipinski definition) is 2. The van der Waals surface area contributed by atoms with Crippen molar-refractivity contribution >= 4 is 29.2 Å². The average Bonchev–Trinajstić information content (AvgIpc) is 2.67. The van der Waals surface area contributed by atoms with Crippen molar-refractivity contribution < 1.29 is 14.3 Å². The fourth-order valence-corrected chi connectivity index (χ4v) is 3.19. The quantitative estimate of drug-likeness (QED) is 0.822. The molecular formula is C19H21ClN4O3. The first kappa shape index (κ1) is 19.1. The van der Waals surface area contributed by atoms with E-state index in [-0.39, 0.29) is 22.7 Å². The predicted octanol–water partition coefficient (Wildman–Crippen LogP) is 3.05. The van der Waals surface area contributed by atoms with E-state index in [0.717, 1.165) is 18.4 Å². The SMILES string of the molecule is NC(=O)c1ccc(NC(=O)N2CCC(OCc3cccnc3)CC2)cc1Cl. The van der Waals surface area contributed by atoms with E-state index in [4.69, 9.17) is 22.1 Å². The van der Waals surface area contributed by atoms with E-state index in [0.29, 0.717) is 25.4 Å². The Morgan fingerprint density at radius 2 is 2.07 bits per heavy atom. The van der Waals surface area contributed by atoms with Crippen molar-refractivity contribution in [2.45, 2.75) is 25.6 Å². The molecule has 27 heavy (non-hydrogen) atoms. The molecular weight excluding hydrogens is 368 g/mol. The summed E-state index contributed by atoms with van der Waals surface area (Å²) in [5.74, 6) is -0.605. The summed E-state index contributed by atoms with van der Waals surface area (Å²) in [6.45, 7) is 1.74. The number of nitrogens with one attached hydrogen (secondary N) is 1. The van der Waals surface area contributed by atoms with Crippen LogP contribution in [-0.4, -0.2) is 41.0 Å². The second-order valence-corrected chi connectivity index (χ2v) is 6.75. The van der Waals surface area contributed by atoms with E-state index >= 15 is 0 Å². The van der Waals surface area contributed by atoms with Crippen LogP contribution in [0.1, 0.15) is 28.8 Å². The molecule has 1 aromatic carbocycles. The first-order valence-electron chi connectivity index (χ1n) is 8.68. The Balaban J connectivity index is 1.47. The fourth-order valence-electron chi connectivity index (χ4n) is 2.92. The topological polar surface area (TPSA) is 97.5 Å². The number of urea groups is 1. The summed E-state index contributed by atoms with van der Waals surface area (Å²) in [7, 11) is 0. The van der Waals surface area contributed by atoms with Crippen molar-refractivity contribution in [1.82, 2.24) is 9.88 Å². The zero-order valence-electron chi connectivity index (χ0n) is 14.7. The Kier molecular flexibility index (Phi) is 6.26. The standard InChI is InChI=1S/C19H21ClN4O3/c20-17-10-14(3-4-16(17)18(21)25)23-19(26)24-8-5-15(6-9-24)27-12-13-2-1-7-22-11-13/h1-4,7,10-11,15H,5-6,8-9,12H2,(H2,21,25)(H,23,26). The first-order valence-corrected chi connectivity index (χ1v) is 9.06. The van der Waals surface area contributed by atoms with Crippen molar-refractivity contribution in [1.29, 1.82) is 0 Å². The molecule has 0 radical (unpaired) electrons. The number of piperidine rings is 1. The van der Waals surface area contributed by atoms with Crippen LogP contribution >= 0.6 is 11.6 Å². The summed E-state index contributed by atoms with van der Waals surface area (Å²) in [4.78, 5) is 29.4. The number of carbonyl (C=O) groups is 2. The fraction of sp³-hybridized carbons (Fsp3) is 0.316. The number of benzene rings is 1. The van der Waals surface area contributed by atoms with Gasteiger partial charge in [0.1, 0.15) is 0 Å². The molecule has 0 aliphatic carbocycles. The van der Waals surface area contributed by atoms with Gasteiger partial charge in [-0.25, -0.2) is 4.79 Å². The summed E-state index contributed by atoms with van der Waals surface area (Å²) in [6, 6.07) is 8.27. The number of rotatable bonds is 5. The van der Waals surface area contributed by atoms with Crippen LogP contribution in [0.3, 0.4) is 0 Å². The third kappa shape index (κ3) is 5.18. The lowest BCUT2D eigenvalue weighted by atomic mass is 10.1. The van der Waals surface area contributed by atoms with Gasteiger partial charge in [-0.05, 0) is 42.7 Å². The van der Waals surface area contributed by atoms with E-state index in [2.05, 4.69) is 10.3 Å². The van der Waals surface area contributed by atoms with Crippen molar-refractivity contribution in [3.8, 4) is 0 Å². The zero-order valence-corrected chi connectivity index (χ0v) is 15.5. The van der Waals surface area contributed by atoms with Gasteiger partial charge in [-0.1, -0.05) is 17.7 Å². The van der Waals surface area contributed by atoms with Crippen molar-refractivity contribution in [3.05, 3.63) is 58.9 Å². The summed E-state index contributed by atoms with van der Waals surface area (Å²) >= 11 is 6.01. The Morgan fingerprint density at radius 1 is 1.30 bits per heavy atom. The number of nitrogens with two attached hydrogens (primary N) is 1. The van der Waals surface area contributed by atoms with E-state index in [1.165, 1.54) is 12.1 Å². The van der Waals surface area contributed by atoms with Gasteiger partial charge in [0, 0.05) is 31.2 Å². The Morgan fingerprint density at radius 3 is 2.70 bits per heavy atom. The summed E-state index contributed by atoms with van der Waals surface area (Å²) < 4.78 is 5.91. The Bertz CT molecular complexity index is 808. The van der Waals surface area contributed by atoms with Crippen molar-refractivity contribution in [3.63, 3.8) is 0 Å². The van der Waals surface area contributed by atoms with Crippen LogP contribution in [0, 0.1) is 0 Å². The first-order chi connectivity index (χ1) is 13.0. The number of halogens is 1. The number of aromatic nitrogens is 1. The summed E-state index contributed by atoms with van der Waals surface area (Å²) in [6.07, 6.45) is 5.19. The number of likely N-dealkylation sites (tertiary alicyclic amines) is 1. The molecule has 3 rings (SSSR count). The van der Waals surface area contributed by atoms with Crippen LogP contribution in [0.15, 0.2) is 42.7 Å². The number of hydrogen-bond acceptors (Lipinski definition) is 4. The van der Waals surface area contributed by atoms with Crippen LogP contribution in [0.25, 0.3) is 0 Å². The predicted molar refractivity (Wildman–Crippen MR) is 103 cm³/mol. The van der Waals surface area contributed by atoms with Crippen molar-refractivity contribution in [2.75, 3.05) is 18.4 Å². The Hall–Kier alpha value is -2.64. The van der Waals surface area contributed by atoms with Gasteiger partial charge < -0.3 is 20.7 Å². The summed E-state index contributed by atoms with van der Waals surface area (Å²) in [5, 5.41) is 3.00. The summed E-state index contributed by atoms with van der Waals surface area (Å²) in [5.41, 5.74) is 7.00. The van der Waals surface area contributed by atoms with Gasteiger partial charge in [-0.3, -0.25) is 9.78 Å². The molecule has 7 nitrogen and oxygen atoms in total. The van der Waals surface area contributed by atoms with Crippen LogP contribution in [-0.2, 0) is 11.3 Å². The molecule has 2 heterocycles. The molecule has 1 aromatic heterocycles. The monoisotopic (exact) mass is 388 g/mol. The maximum Gasteiger partial charge on any atom is 0.321 e. The largest absolute Gasteiger partial charge is 0.373 e. The molecule has 1 fully saturated rings. The number of pyridine rings is 1. The van der Waals surface area contributed by atoms with Gasteiger partial charge in [0.15, 0.2) is 0 Å². The van der Waals surface area contributed by atoms with E-state index in [9.17, 15) is 9.59 Å². The number of ether oxygens (including phenoxy) is 1. The van der Waals surface area contributed by atoms with E-state index < -0.39 is 5.91 Å². The minimum absolute atomic E-state index is 0.124. The number of nitrogens with zero attached hydrogens (tertiary/aromatic N) is 2. The molecule has 8 heteroatoms. The van der Waals surface area contributed by atoms with E-state index in [1.54, 1.807) is 23.4 Å². The zero-order chi connectivity index (χ0) is 19.2. The molecule has 1 aliphatic heterocycles. The molecule has 1 saturated heterocycles. The van der Waals surface area contributed by atoms with Gasteiger partial charge in [0.25, 0.3) is 0 Å². The lowest BCUT2D eigenvalue weighted by molar-refractivity contribution is 0.00529. The van der Waals surface area contributed by atoms with Crippen LogP contribution in [0.5, 0.6) is 0 Å². The molecule has 0 spiro atoms. The lowest BCUT2D eigenvalue weighted by Gasteiger charge is -2.32. The smallest absolute Gasteiger partial charge is 0.321 e. The molecule has 0 atom stereocenters. The normalized spacial score (nSPS) is 14.8. The molecule has 0 bridgehead atoms. The molecule has 2 aromatic rings. The van der Waals surface area contributed by atoms with Gasteiger partial charge in [0.2, 0.25) is 5.91 Å².